The Hall–Kier alpha value is -2.38. The number of nitro benzene ring substituents is 1. The molecule has 0 aliphatic carbocycles. The van der Waals surface area contributed by atoms with Gasteiger partial charge in [-0.3, -0.25) is 14.7 Å². The third kappa shape index (κ3) is 13.7. The lowest BCUT2D eigenvalue weighted by Gasteiger charge is -2.26. The first-order chi connectivity index (χ1) is 20.9. The molecule has 2 rings (SSSR count). The Bertz CT molecular complexity index is 1250. The summed E-state index contributed by atoms with van der Waals surface area (Å²) in [4.78, 5) is 23.0. The van der Waals surface area contributed by atoms with Crippen LogP contribution in [0, 0.1) is 10.1 Å². The molecule has 0 saturated carbocycles. The van der Waals surface area contributed by atoms with E-state index in [0.29, 0.717) is 10.8 Å². The molecule has 0 aliphatic rings. The van der Waals surface area contributed by atoms with E-state index in [1.807, 2.05) is 6.08 Å². The number of hydrogen-bond donors (Lipinski definition) is 2. The van der Waals surface area contributed by atoms with Crippen LogP contribution in [0.1, 0.15) is 84.1 Å². The average molecular weight is 706 g/mol. The second kappa shape index (κ2) is 19.2. The standard InChI is InChI=1S/C29H46BrN4O9P/c1-29(2,3)42-28(36)31-23(18-21-44(39,40-4)41-20-19-30)25(35)15-13-11-9-7-5-6-8-10-12-14-22-16-17-24(34(37)38)27-26(22)32-43-33-27/h13,15-17,23,25,35H,5-12,14,18-21H2,1-4H3,(H,31,36)/b15-13+/t23-,25+,44?/m0/s1. The van der Waals surface area contributed by atoms with Crippen LogP contribution in [0.5, 0.6) is 0 Å². The molecule has 0 aliphatic heterocycles. The number of nitrogens with one attached hydrogen (secondary N) is 1. The molecule has 1 unspecified atom stereocenters. The highest BCUT2D eigenvalue weighted by molar-refractivity contribution is 9.09. The van der Waals surface area contributed by atoms with Crippen LogP contribution in [0.25, 0.3) is 11.0 Å². The van der Waals surface area contributed by atoms with Gasteiger partial charge in [-0.2, -0.15) is 0 Å². The number of carbonyl (C=O) groups excluding carboxylic acids is 1. The Morgan fingerprint density at radius 2 is 1.82 bits per heavy atom. The third-order valence-electron chi connectivity index (χ3n) is 6.80. The minimum Gasteiger partial charge on any atom is -0.444 e. The minimum atomic E-state index is -3.37. The minimum absolute atomic E-state index is 0.0253. The van der Waals surface area contributed by atoms with E-state index in [0.717, 1.165) is 63.4 Å². The van der Waals surface area contributed by atoms with Crippen LogP contribution in [0.3, 0.4) is 0 Å². The van der Waals surface area contributed by atoms with Gasteiger partial charge in [0.05, 0.1) is 29.8 Å². The van der Waals surface area contributed by atoms with Crippen LogP contribution in [-0.2, 0) is 24.8 Å². The molecule has 0 radical (unpaired) electrons. The number of aliphatic hydroxyl groups excluding tert-OH is 1. The maximum absolute atomic E-state index is 12.8. The van der Waals surface area contributed by atoms with E-state index in [4.69, 9.17) is 18.4 Å². The third-order valence-corrected chi connectivity index (χ3v) is 9.06. The maximum Gasteiger partial charge on any atom is 0.407 e. The van der Waals surface area contributed by atoms with Crippen LogP contribution < -0.4 is 5.32 Å². The number of fused-ring (bicyclic) bond motifs is 1. The molecule has 15 heteroatoms. The van der Waals surface area contributed by atoms with Gasteiger partial charge >= 0.3 is 19.4 Å². The zero-order valence-corrected chi connectivity index (χ0v) is 28.5. The first kappa shape index (κ1) is 37.8. The molecule has 2 aromatic rings. The normalized spacial score (nSPS) is 14.9. The summed E-state index contributed by atoms with van der Waals surface area (Å²) in [6, 6.07) is 2.44. The number of unbranched alkanes of at least 4 members (excludes halogenated alkanes) is 7. The summed E-state index contributed by atoms with van der Waals surface area (Å²) in [7, 11) is -2.05. The van der Waals surface area contributed by atoms with Gasteiger partial charge in [-0.15, -0.1) is 0 Å². The van der Waals surface area contributed by atoms with Crippen LogP contribution in [0.2, 0.25) is 0 Å². The van der Waals surface area contributed by atoms with E-state index < -0.39 is 36.4 Å². The van der Waals surface area contributed by atoms with E-state index in [1.54, 1.807) is 32.9 Å². The van der Waals surface area contributed by atoms with E-state index >= 15 is 0 Å². The molecule has 44 heavy (non-hydrogen) atoms. The fraction of sp³-hybridized carbons (Fsp3) is 0.690. The van der Waals surface area contributed by atoms with E-state index in [9.17, 15) is 24.6 Å². The number of hydrogen-bond acceptors (Lipinski definition) is 11. The number of non-ortho nitro benzene ring substituents is 1. The van der Waals surface area contributed by atoms with Crippen LogP contribution >= 0.6 is 23.5 Å². The number of halogens is 1. The van der Waals surface area contributed by atoms with Gasteiger partial charge in [0.15, 0.2) is 0 Å². The average Bonchev–Trinajstić information content (AvgIpc) is 3.46. The number of carbonyl (C=O) groups is 1. The molecular formula is C29H46BrN4O9P. The Balaban J connectivity index is 1.71. The highest BCUT2D eigenvalue weighted by Crippen LogP contribution is 2.48. The predicted molar refractivity (Wildman–Crippen MR) is 171 cm³/mol. The smallest absolute Gasteiger partial charge is 0.407 e. The molecule has 0 fully saturated rings. The van der Waals surface area contributed by atoms with Gasteiger partial charge < -0.3 is 24.2 Å². The molecule has 0 saturated heterocycles. The molecular weight excluding hydrogens is 659 g/mol. The van der Waals surface area contributed by atoms with Gasteiger partial charge in [-0.05, 0) is 74.8 Å². The fourth-order valence-electron chi connectivity index (χ4n) is 4.55. The Morgan fingerprint density at radius 3 is 2.45 bits per heavy atom. The maximum atomic E-state index is 12.8. The summed E-state index contributed by atoms with van der Waals surface area (Å²) in [5, 5.41) is 32.7. The SMILES string of the molecule is COP(=O)(CC[C@H](NC(=O)OC(C)(C)C)[C@H](O)/C=C/CCCCCCCCCc1ccc([N+](=O)[O-])c2nonc12)OCCBr. The molecule has 2 N–H and O–H groups in total. The topological polar surface area (TPSA) is 176 Å². The van der Waals surface area contributed by atoms with Crippen molar-refractivity contribution in [1.29, 1.82) is 0 Å². The van der Waals surface area contributed by atoms with E-state index in [1.165, 1.54) is 13.2 Å². The zero-order chi connectivity index (χ0) is 32.6. The Kier molecular flexibility index (Phi) is 16.5. The van der Waals surface area contributed by atoms with Crippen molar-refractivity contribution < 1.29 is 37.8 Å². The number of alkyl halides is 1. The zero-order valence-electron chi connectivity index (χ0n) is 26.0. The summed E-state index contributed by atoms with van der Waals surface area (Å²) < 4.78 is 33.4. The lowest BCUT2D eigenvalue weighted by Crippen LogP contribution is -2.45. The quantitative estimate of drug-likeness (QED) is 0.0334. The summed E-state index contributed by atoms with van der Waals surface area (Å²) in [6.07, 6.45) is 10.9. The molecule has 1 heterocycles. The molecule has 1 aromatic heterocycles. The number of amides is 1. The van der Waals surface area contributed by atoms with Gasteiger partial charge in [-0.25, -0.2) is 9.42 Å². The molecule has 3 atom stereocenters. The molecule has 13 nitrogen and oxygen atoms in total. The molecule has 1 aromatic carbocycles. The highest BCUT2D eigenvalue weighted by Gasteiger charge is 2.29. The Morgan fingerprint density at radius 1 is 1.16 bits per heavy atom. The number of rotatable bonds is 21. The fourth-order valence-corrected chi connectivity index (χ4v) is 6.34. The van der Waals surface area contributed by atoms with Crippen molar-refractivity contribution in [2.24, 2.45) is 0 Å². The molecule has 248 valence electrons. The molecule has 0 spiro atoms. The van der Waals surface area contributed by atoms with Gasteiger partial charge in [0.1, 0.15) is 11.1 Å². The molecule has 1 amide bonds. The lowest BCUT2D eigenvalue weighted by molar-refractivity contribution is -0.383. The number of aromatic nitrogens is 2. The first-order valence-electron chi connectivity index (χ1n) is 15.0. The number of benzene rings is 1. The van der Waals surface area contributed by atoms with Gasteiger partial charge in [0, 0.05) is 18.5 Å². The number of nitro groups is 1. The second-order valence-electron chi connectivity index (χ2n) is 11.5. The number of aliphatic hydroxyl groups is 1. The van der Waals surface area contributed by atoms with Gasteiger partial charge in [-0.1, -0.05) is 60.2 Å². The summed E-state index contributed by atoms with van der Waals surface area (Å²) in [5.41, 5.74) is 0.748. The van der Waals surface area contributed by atoms with Crippen molar-refractivity contribution >= 4 is 46.3 Å². The summed E-state index contributed by atoms with van der Waals surface area (Å²) in [5.74, 6) is 0. The van der Waals surface area contributed by atoms with Crippen molar-refractivity contribution in [2.45, 2.75) is 103 Å². The monoisotopic (exact) mass is 704 g/mol. The number of nitrogens with zero attached hydrogens (tertiary/aromatic N) is 3. The lowest BCUT2D eigenvalue weighted by atomic mass is 10.0. The van der Waals surface area contributed by atoms with Gasteiger partial charge in [0.2, 0.25) is 5.52 Å². The van der Waals surface area contributed by atoms with Crippen molar-refractivity contribution in [2.75, 3.05) is 25.2 Å². The van der Waals surface area contributed by atoms with Crippen molar-refractivity contribution in [3.63, 3.8) is 0 Å². The number of aryl methyl sites for hydroxylation is 1. The van der Waals surface area contributed by atoms with Crippen LogP contribution in [0.4, 0.5) is 10.5 Å². The first-order valence-corrected chi connectivity index (χ1v) is 17.8. The van der Waals surface area contributed by atoms with Crippen molar-refractivity contribution in [3.05, 3.63) is 40.0 Å². The highest BCUT2D eigenvalue weighted by atomic mass is 79.9. The van der Waals surface area contributed by atoms with E-state index in [-0.39, 0.29) is 30.4 Å². The van der Waals surface area contributed by atoms with Gasteiger partial charge in [0.25, 0.3) is 0 Å². The number of ether oxygens (including phenoxy) is 1. The number of alkyl carbamates (subject to hydrolysis) is 1. The largest absolute Gasteiger partial charge is 0.444 e. The number of allylic oxidation sites excluding steroid dienone is 1. The molecule has 0 bridgehead atoms. The van der Waals surface area contributed by atoms with E-state index in [2.05, 4.69) is 31.6 Å². The second-order valence-corrected chi connectivity index (χ2v) is 14.6. The van der Waals surface area contributed by atoms with Crippen molar-refractivity contribution in [3.8, 4) is 0 Å². The van der Waals surface area contributed by atoms with Crippen LogP contribution in [-0.4, -0.2) is 69.4 Å². The Labute approximate surface area is 267 Å². The van der Waals surface area contributed by atoms with Crippen molar-refractivity contribution in [1.82, 2.24) is 15.6 Å². The predicted octanol–water partition coefficient (Wildman–Crippen LogP) is 7.25. The van der Waals surface area contributed by atoms with Crippen LogP contribution in [0.15, 0.2) is 28.9 Å². The summed E-state index contributed by atoms with van der Waals surface area (Å²) in [6.45, 7) is 5.47. The summed E-state index contributed by atoms with van der Waals surface area (Å²) >= 11 is 3.23.